The van der Waals surface area contributed by atoms with E-state index in [0.29, 0.717) is 6.54 Å². The van der Waals surface area contributed by atoms with Crippen LogP contribution in [0.4, 0.5) is 0 Å². The van der Waals surface area contributed by atoms with Gasteiger partial charge in [-0.05, 0) is 27.9 Å². The summed E-state index contributed by atoms with van der Waals surface area (Å²) in [5, 5.41) is 11.2. The Morgan fingerprint density at radius 3 is 1.89 bits per heavy atom. The molecule has 0 heterocycles. The zero-order chi connectivity index (χ0) is 15.4. The number of nitrogens with one attached hydrogen (secondary N) is 1. The van der Waals surface area contributed by atoms with Gasteiger partial charge >= 0.3 is 0 Å². The van der Waals surface area contributed by atoms with Crippen LogP contribution in [0.25, 0.3) is 0 Å². The van der Waals surface area contributed by atoms with Gasteiger partial charge in [-0.15, -0.1) is 0 Å². The summed E-state index contributed by atoms with van der Waals surface area (Å²) in [5.74, 6) is 0.0564. The number of rotatable bonds is 6. The number of nitrogens with zero attached hydrogens (tertiary/aromatic N) is 2. The number of aliphatic hydroxyl groups is 1. The third kappa shape index (κ3) is 14.8. The van der Waals surface area contributed by atoms with Crippen molar-refractivity contribution in [3.63, 3.8) is 0 Å². The molecule has 0 radical (unpaired) electrons. The summed E-state index contributed by atoms with van der Waals surface area (Å²) in [6, 6.07) is 0.185. The standard InChI is InChI=1S/C7H15NO2.C6H14N2O/c1-6(2)8(4-5-9)7(3)10;1-6(9)7-4-5-8(2)3/h6,9H,4-5H2,1-3H3;4-5H2,1-3H3,(H,7,9). The van der Waals surface area contributed by atoms with E-state index in [2.05, 4.69) is 5.32 Å². The van der Waals surface area contributed by atoms with E-state index in [1.165, 1.54) is 13.8 Å². The summed E-state index contributed by atoms with van der Waals surface area (Å²) in [6.45, 7) is 9.01. The molecule has 0 fully saturated rings. The zero-order valence-electron chi connectivity index (χ0n) is 13.1. The van der Waals surface area contributed by atoms with Crippen molar-refractivity contribution in [2.24, 2.45) is 0 Å². The summed E-state index contributed by atoms with van der Waals surface area (Å²) in [6.07, 6.45) is 0. The molecule has 0 aromatic carbocycles. The molecule has 0 aliphatic carbocycles. The SMILES string of the molecule is CC(=O)N(CCO)C(C)C.CC(=O)NCCN(C)C. The minimum Gasteiger partial charge on any atom is -0.395 e. The highest BCUT2D eigenvalue weighted by Crippen LogP contribution is 1.96. The van der Waals surface area contributed by atoms with Gasteiger partial charge in [0.25, 0.3) is 0 Å². The molecule has 0 unspecified atom stereocenters. The first kappa shape index (κ1) is 20.2. The maximum Gasteiger partial charge on any atom is 0.219 e. The van der Waals surface area contributed by atoms with Crippen molar-refractivity contribution < 1.29 is 14.7 Å². The molecule has 6 heteroatoms. The van der Waals surface area contributed by atoms with Gasteiger partial charge in [-0.25, -0.2) is 0 Å². The quantitative estimate of drug-likeness (QED) is 0.711. The van der Waals surface area contributed by atoms with Crippen molar-refractivity contribution in [3.8, 4) is 0 Å². The van der Waals surface area contributed by atoms with Gasteiger partial charge in [0.05, 0.1) is 6.61 Å². The van der Waals surface area contributed by atoms with Crippen LogP contribution in [0, 0.1) is 0 Å². The Morgan fingerprint density at radius 1 is 1.16 bits per heavy atom. The molecule has 0 aliphatic rings. The third-order valence-corrected chi connectivity index (χ3v) is 2.30. The monoisotopic (exact) mass is 275 g/mol. The van der Waals surface area contributed by atoms with E-state index < -0.39 is 0 Å². The number of carbonyl (C=O) groups is 2. The molecule has 0 aromatic heterocycles. The molecule has 19 heavy (non-hydrogen) atoms. The summed E-state index contributed by atoms with van der Waals surface area (Å²) in [7, 11) is 3.95. The first-order valence-electron chi connectivity index (χ1n) is 6.49. The highest BCUT2D eigenvalue weighted by Gasteiger charge is 2.10. The van der Waals surface area contributed by atoms with Gasteiger partial charge in [0.1, 0.15) is 0 Å². The van der Waals surface area contributed by atoms with Crippen molar-refractivity contribution in [1.82, 2.24) is 15.1 Å². The van der Waals surface area contributed by atoms with Crippen molar-refractivity contribution in [1.29, 1.82) is 0 Å². The molecule has 0 aliphatic heterocycles. The topological polar surface area (TPSA) is 72.9 Å². The lowest BCUT2D eigenvalue weighted by molar-refractivity contribution is -0.131. The summed E-state index contributed by atoms with van der Waals surface area (Å²) >= 11 is 0. The van der Waals surface area contributed by atoms with Gasteiger partial charge in [0.15, 0.2) is 0 Å². The minimum absolute atomic E-state index is 0.0176. The predicted octanol–water partition coefficient (Wildman–Crippen LogP) is -0.0803. The summed E-state index contributed by atoms with van der Waals surface area (Å²) < 4.78 is 0. The van der Waals surface area contributed by atoms with Crippen LogP contribution in [-0.2, 0) is 9.59 Å². The van der Waals surface area contributed by atoms with Crippen molar-refractivity contribution in [3.05, 3.63) is 0 Å². The van der Waals surface area contributed by atoms with Crippen molar-refractivity contribution in [2.45, 2.75) is 33.7 Å². The maximum absolute atomic E-state index is 10.8. The Balaban J connectivity index is 0. The smallest absolute Gasteiger partial charge is 0.219 e. The number of likely N-dealkylation sites (N-methyl/N-ethyl adjacent to an activating group) is 1. The van der Waals surface area contributed by atoms with Crippen LogP contribution >= 0.6 is 0 Å². The van der Waals surface area contributed by atoms with Crippen LogP contribution in [0.2, 0.25) is 0 Å². The Hall–Kier alpha value is -1.14. The lowest BCUT2D eigenvalue weighted by Gasteiger charge is -2.23. The fraction of sp³-hybridized carbons (Fsp3) is 0.846. The average molecular weight is 275 g/mol. The van der Waals surface area contributed by atoms with Gasteiger partial charge in [0.2, 0.25) is 11.8 Å². The molecule has 0 saturated heterocycles. The highest BCUT2D eigenvalue weighted by atomic mass is 16.3. The van der Waals surface area contributed by atoms with E-state index in [0.717, 1.165) is 13.1 Å². The van der Waals surface area contributed by atoms with E-state index in [1.807, 2.05) is 32.8 Å². The van der Waals surface area contributed by atoms with Gasteiger partial charge in [0, 0.05) is 39.5 Å². The predicted molar refractivity (Wildman–Crippen MR) is 76.8 cm³/mol. The fourth-order valence-corrected chi connectivity index (χ4v) is 1.34. The van der Waals surface area contributed by atoms with E-state index in [4.69, 9.17) is 5.11 Å². The summed E-state index contributed by atoms with van der Waals surface area (Å²) in [5.41, 5.74) is 0. The van der Waals surface area contributed by atoms with E-state index in [-0.39, 0.29) is 24.5 Å². The van der Waals surface area contributed by atoms with Crippen LogP contribution < -0.4 is 5.32 Å². The van der Waals surface area contributed by atoms with Crippen LogP contribution in [0.15, 0.2) is 0 Å². The van der Waals surface area contributed by atoms with Crippen LogP contribution in [0.3, 0.4) is 0 Å². The number of carbonyl (C=O) groups excluding carboxylic acids is 2. The van der Waals surface area contributed by atoms with Crippen LogP contribution in [-0.4, -0.2) is 73.1 Å². The molecule has 6 nitrogen and oxygen atoms in total. The number of amides is 2. The highest BCUT2D eigenvalue weighted by molar-refractivity contribution is 5.73. The molecule has 0 spiro atoms. The largest absolute Gasteiger partial charge is 0.395 e. The molecular formula is C13H29N3O3. The average Bonchev–Trinajstić information content (AvgIpc) is 2.24. The Morgan fingerprint density at radius 2 is 1.68 bits per heavy atom. The fourth-order valence-electron chi connectivity index (χ4n) is 1.34. The Labute approximate surface area is 116 Å². The second-order valence-electron chi connectivity index (χ2n) is 4.82. The van der Waals surface area contributed by atoms with Gasteiger partial charge in [-0.1, -0.05) is 0 Å². The second-order valence-corrected chi connectivity index (χ2v) is 4.82. The number of hydrogen-bond donors (Lipinski definition) is 2. The van der Waals surface area contributed by atoms with E-state index in [1.54, 1.807) is 4.90 Å². The molecule has 2 amide bonds. The lowest BCUT2D eigenvalue weighted by Crippen LogP contribution is -2.37. The van der Waals surface area contributed by atoms with Gasteiger partial charge in [-0.3, -0.25) is 9.59 Å². The van der Waals surface area contributed by atoms with Crippen molar-refractivity contribution >= 4 is 11.8 Å². The third-order valence-electron chi connectivity index (χ3n) is 2.30. The number of hydrogen-bond acceptors (Lipinski definition) is 4. The Bertz CT molecular complexity index is 256. The molecule has 0 saturated carbocycles. The molecule has 0 bridgehead atoms. The molecule has 0 rings (SSSR count). The zero-order valence-corrected chi connectivity index (χ0v) is 13.1. The van der Waals surface area contributed by atoms with Crippen molar-refractivity contribution in [2.75, 3.05) is 40.3 Å². The maximum atomic E-state index is 10.8. The first-order chi connectivity index (χ1) is 8.72. The molecule has 114 valence electrons. The van der Waals surface area contributed by atoms with Crippen LogP contribution in [0.5, 0.6) is 0 Å². The van der Waals surface area contributed by atoms with Gasteiger partial charge < -0.3 is 20.2 Å². The number of aliphatic hydroxyl groups excluding tert-OH is 1. The van der Waals surface area contributed by atoms with Gasteiger partial charge in [-0.2, -0.15) is 0 Å². The van der Waals surface area contributed by atoms with E-state index in [9.17, 15) is 9.59 Å². The minimum atomic E-state index is 0.0176. The molecule has 2 N–H and O–H groups in total. The first-order valence-corrected chi connectivity index (χ1v) is 6.49. The normalized spacial score (nSPS) is 9.95. The second kappa shape index (κ2) is 11.9. The molecule has 0 atom stereocenters. The molecular weight excluding hydrogens is 246 g/mol. The lowest BCUT2D eigenvalue weighted by atomic mass is 10.3. The van der Waals surface area contributed by atoms with Crippen LogP contribution in [0.1, 0.15) is 27.7 Å². The van der Waals surface area contributed by atoms with E-state index >= 15 is 0 Å². The summed E-state index contributed by atoms with van der Waals surface area (Å²) in [4.78, 5) is 24.7. The Kier molecular flexibility index (Phi) is 12.7. The molecule has 0 aromatic rings.